The van der Waals surface area contributed by atoms with Crippen molar-refractivity contribution in [2.45, 2.75) is 13.8 Å². The van der Waals surface area contributed by atoms with Gasteiger partial charge in [0.25, 0.3) is 5.91 Å². The van der Waals surface area contributed by atoms with Gasteiger partial charge in [-0.25, -0.2) is 9.97 Å². The minimum absolute atomic E-state index is 0.213. The largest absolute Gasteiger partial charge is 0.491 e. The van der Waals surface area contributed by atoms with Crippen molar-refractivity contribution in [3.63, 3.8) is 0 Å². The molecule has 0 saturated heterocycles. The van der Waals surface area contributed by atoms with E-state index in [0.29, 0.717) is 24.5 Å². The Balaban J connectivity index is 1.52. The lowest BCUT2D eigenvalue weighted by atomic mass is 10.1. The monoisotopic (exact) mass is 347 g/mol. The number of hydrogen-bond donors (Lipinski definition) is 1. The highest BCUT2D eigenvalue weighted by Gasteiger charge is 2.08. The Morgan fingerprint density at radius 1 is 0.962 bits per heavy atom. The first kappa shape index (κ1) is 17.6. The van der Waals surface area contributed by atoms with Gasteiger partial charge in [0.1, 0.15) is 12.4 Å². The van der Waals surface area contributed by atoms with E-state index in [0.717, 1.165) is 22.4 Å². The molecule has 0 saturated carbocycles. The number of nitrogens with one attached hydrogen (secondary N) is 1. The molecule has 0 bridgehead atoms. The van der Waals surface area contributed by atoms with Gasteiger partial charge in [-0.3, -0.25) is 4.79 Å². The van der Waals surface area contributed by atoms with Crippen LogP contribution in [0.25, 0.3) is 11.4 Å². The molecule has 1 aromatic heterocycles. The second kappa shape index (κ2) is 8.25. The molecule has 1 heterocycles. The minimum Gasteiger partial charge on any atom is -0.491 e. The molecule has 2 aromatic carbocycles. The number of aromatic nitrogens is 2. The van der Waals surface area contributed by atoms with E-state index >= 15 is 0 Å². The number of carbonyl (C=O) groups excluding carboxylic acids is 1. The summed E-state index contributed by atoms with van der Waals surface area (Å²) < 4.78 is 5.78. The van der Waals surface area contributed by atoms with Crippen molar-refractivity contribution in [3.05, 3.63) is 77.6 Å². The van der Waals surface area contributed by atoms with Gasteiger partial charge in [0.05, 0.1) is 12.1 Å². The fourth-order valence-electron chi connectivity index (χ4n) is 2.63. The molecule has 0 aliphatic heterocycles. The van der Waals surface area contributed by atoms with Gasteiger partial charge in [0.15, 0.2) is 5.82 Å². The second-order valence-electron chi connectivity index (χ2n) is 5.99. The molecule has 26 heavy (non-hydrogen) atoms. The highest BCUT2D eigenvalue weighted by Crippen LogP contribution is 2.21. The molecule has 0 aliphatic carbocycles. The number of para-hydroxylation sites is 1. The standard InChI is InChI=1S/C21H21N3O2/c1-15-7-6-8-16(2)19(15)26-12-11-22-21(25)18-13-23-20(24-14-18)17-9-4-3-5-10-17/h3-10,13-14H,11-12H2,1-2H3,(H,22,25). The van der Waals surface area contributed by atoms with Gasteiger partial charge in [-0.05, 0) is 25.0 Å². The summed E-state index contributed by atoms with van der Waals surface area (Å²) in [6, 6.07) is 15.7. The molecule has 0 fully saturated rings. The molecule has 3 aromatic rings. The topological polar surface area (TPSA) is 64.1 Å². The molecule has 5 nitrogen and oxygen atoms in total. The molecule has 132 valence electrons. The van der Waals surface area contributed by atoms with Gasteiger partial charge in [-0.2, -0.15) is 0 Å². The smallest absolute Gasteiger partial charge is 0.254 e. The number of rotatable bonds is 6. The lowest BCUT2D eigenvalue weighted by molar-refractivity contribution is 0.0946. The van der Waals surface area contributed by atoms with Crippen LogP contribution in [0.4, 0.5) is 0 Å². The van der Waals surface area contributed by atoms with Crippen LogP contribution in [0.1, 0.15) is 21.5 Å². The Bertz CT molecular complexity index is 857. The van der Waals surface area contributed by atoms with E-state index in [4.69, 9.17) is 4.74 Å². The van der Waals surface area contributed by atoms with E-state index in [1.165, 1.54) is 12.4 Å². The number of hydrogen-bond acceptors (Lipinski definition) is 4. The normalized spacial score (nSPS) is 10.4. The quantitative estimate of drug-likeness (QED) is 0.693. The summed E-state index contributed by atoms with van der Waals surface area (Å²) in [6.07, 6.45) is 3.08. The van der Waals surface area contributed by atoms with Crippen LogP contribution < -0.4 is 10.1 Å². The van der Waals surface area contributed by atoms with Crippen LogP contribution >= 0.6 is 0 Å². The van der Waals surface area contributed by atoms with Crippen LogP contribution in [0.2, 0.25) is 0 Å². The number of nitrogens with zero attached hydrogens (tertiary/aromatic N) is 2. The Hall–Kier alpha value is -3.21. The fourth-order valence-corrected chi connectivity index (χ4v) is 2.63. The fraction of sp³-hybridized carbons (Fsp3) is 0.190. The van der Waals surface area contributed by atoms with Gasteiger partial charge >= 0.3 is 0 Å². The van der Waals surface area contributed by atoms with Gasteiger partial charge in [0.2, 0.25) is 0 Å². The lowest BCUT2D eigenvalue weighted by Crippen LogP contribution is -2.28. The van der Waals surface area contributed by atoms with E-state index in [2.05, 4.69) is 15.3 Å². The van der Waals surface area contributed by atoms with E-state index in [9.17, 15) is 4.79 Å². The summed E-state index contributed by atoms with van der Waals surface area (Å²) in [5.74, 6) is 1.26. The first-order valence-corrected chi connectivity index (χ1v) is 8.50. The first-order valence-electron chi connectivity index (χ1n) is 8.50. The van der Waals surface area contributed by atoms with E-state index < -0.39 is 0 Å². The van der Waals surface area contributed by atoms with Crippen molar-refractivity contribution in [3.8, 4) is 17.1 Å². The lowest BCUT2D eigenvalue weighted by Gasteiger charge is -2.12. The molecular weight excluding hydrogens is 326 g/mol. The third-order valence-corrected chi connectivity index (χ3v) is 3.99. The van der Waals surface area contributed by atoms with Crippen LogP contribution in [0.15, 0.2) is 60.9 Å². The maximum absolute atomic E-state index is 12.2. The predicted molar refractivity (Wildman–Crippen MR) is 101 cm³/mol. The predicted octanol–water partition coefficient (Wildman–Crippen LogP) is 3.57. The Kier molecular flexibility index (Phi) is 5.59. The summed E-state index contributed by atoms with van der Waals surface area (Å²) in [7, 11) is 0. The maximum atomic E-state index is 12.2. The summed E-state index contributed by atoms with van der Waals surface area (Å²) in [5.41, 5.74) is 3.51. The summed E-state index contributed by atoms with van der Waals surface area (Å²) in [5, 5.41) is 2.82. The molecule has 0 unspecified atom stereocenters. The maximum Gasteiger partial charge on any atom is 0.254 e. The summed E-state index contributed by atoms with van der Waals surface area (Å²) >= 11 is 0. The minimum atomic E-state index is -0.213. The second-order valence-corrected chi connectivity index (χ2v) is 5.99. The van der Waals surface area contributed by atoms with Crippen molar-refractivity contribution in [1.29, 1.82) is 0 Å². The number of aryl methyl sites for hydroxylation is 2. The highest BCUT2D eigenvalue weighted by molar-refractivity contribution is 5.93. The zero-order valence-electron chi connectivity index (χ0n) is 14.9. The average molecular weight is 347 g/mol. The Morgan fingerprint density at radius 2 is 1.62 bits per heavy atom. The number of amides is 1. The molecular formula is C21H21N3O2. The molecule has 5 heteroatoms. The van der Waals surface area contributed by atoms with Crippen molar-refractivity contribution < 1.29 is 9.53 Å². The Morgan fingerprint density at radius 3 is 2.27 bits per heavy atom. The Labute approximate surface area is 153 Å². The van der Waals surface area contributed by atoms with Gasteiger partial charge in [-0.15, -0.1) is 0 Å². The van der Waals surface area contributed by atoms with Crippen LogP contribution in [0.3, 0.4) is 0 Å². The van der Waals surface area contributed by atoms with Crippen LogP contribution in [-0.2, 0) is 0 Å². The van der Waals surface area contributed by atoms with Crippen molar-refractivity contribution in [1.82, 2.24) is 15.3 Å². The molecule has 0 atom stereocenters. The molecule has 1 amide bonds. The van der Waals surface area contributed by atoms with Crippen molar-refractivity contribution in [2.75, 3.05) is 13.2 Å². The SMILES string of the molecule is Cc1cccc(C)c1OCCNC(=O)c1cnc(-c2ccccc2)nc1. The van der Waals surface area contributed by atoms with Crippen molar-refractivity contribution in [2.24, 2.45) is 0 Å². The van der Waals surface area contributed by atoms with E-state index in [-0.39, 0.29) is 5.91 Å². The summed E-state index contributed by atoms with van der Waals surface area (Å²) in [6.45, 7) is 4.83. The molecule has 3 rings (SSSR count). The van der Waals surface area contributed by atoms with E-state index in [1.807, 2.05) is 62.4 Å². The number of benzene rings is 2. The zero-order chi connectivity index (χ0) is 18.4. The molecule has 0 aliphatic rings. The van der Waals surface area contributed by atoms with Crippen molar-refractivity contribution >= 4 is 5.91 Å². The highest BCUT2D eigenvalue weighted by atomic mass is 16.5. The average Bonchev–Trinajstić information content (AvgIpc) is 2.68. The summed E-state index contributed by atoms with van der Waals surface area (Å²) in [4.78, 5) is 20.7. The van der Waals surface area contributed by atoms with Gasteiger partial charge < -0.3 is 10.1 Å². The first-order chi connectivity index (χ1) is 12.6. The zero-order valence-corrected chi connectivity index (χ0v) is 14.9. The van der Waals surface area contributed by atoms with Gasteiger partial charge in [-0.1, -0.05) is 48.5 Å². The number of ether oxygens (including phenoxy) is 1. The molecule has 0 radical (unpaired) electrons. The third kappa shape index (κ3) is 4.25. The third-order valence-electron chi connectivity index (χ3n) is 3.99. The number of carbonyl (C=O) groups is 1. The van der Waals surface area contributed by atoms with Crippen LogP contribution in [0, 0.1) is 13.8 Å². The van der Waals surface area contributed by atoms with Gasteiger partial charge in [0, 0.05) is 18.0 Å². The van der Waals surface area contributed by atoms with E-state index in [1.54, 1.807) is 0 Å². The molecule has 0 spiro atoms. The molecule has 1 N–H and O–H groups in total. The van der Waals surface area contributed by atoms with Crippen LogP contribution in [0.5, 0.6) is 5.75 Å². The van der Waals surface area contributed by atoms with Crippen LogP contribution in [-0.4, -0.2) is 29.0 Å².